The highest BCUT2D eigenvalue weighted by Gasteiger charge is 2.17. The van der Waals surface area contributed by atoms with Gasteiger partial charge in [0, 0.05) is 30.5 Å². The summed E-state index contributed by atoms with van der Waals surface area (Å²) in [5.74, 6) is -2.42. The normalized spacial score (nSPS) is 13.5. The van der Waals surface area contributed by atoms with Crippen molar-refractivity contribution in [2.75, 3.05) is 23.3 Å². The Hall–Kier alpha value is -3.33. The van der Waals surface area contributed by atoms with E-state index < -0.39 is 17.5 Å². The number of hydrogen-bond donors (Lipinski definition) is 2. The minimum absolute atomic E-state index is 0.0773. The van der Waals surface area contributed by atoms with Crippen LogP contribution in [0, 0.1) is 5.82 Å². The van der Waals surface area contributed by atoms with Gasteiger partial charge in [-0.2, -0.15) is 0 Å². The van der Waals surface area contributed by atoms with Gasteiger partial charge in [0.15, 0.2) is 17.9 Å². The average Bonchev–Trinajstić information content (AvgIpc) is 3.42. The Labute approximate surface area is 169 Å². The minimum Gasteiger partial charge on any atom is -0.504 e. The van der Waals surface area contributed by atoms with Crippen molar-refractivity contribution < 1.29 is 19.1 Å². The smallest absolute Gasteiger partial charge is 0.256 e. The number of anilines is 2. The number of aldehydes is 1. The molecule has 7 nitrogen and oxygen atoms in total. The molecule has 0 bridgehead atoms. The van der Waals surface area contributed by atoms with Gasteiger partial charge in [0.1, 0.15) is 15.7 Å². The number of carbonyl (C=O) groups is 2. The fourth-order valence-corrected chi connectivity index (χ4v) is 3.96. The van der Waals surface area contributed by atoms with Gasteiger partial charge in [-0.05, 0) is 37.1 Å². The van der Waals surface area contributed by atoms with E-state index in [1.165, 1.54) is 30.4 Å². The summed E-state index contributed by atoms with van der Waals surface area (Å²) in [6.07, 6.45) is 5.88. The first-order valence-corrected chi connectivity index (χ1v) is 9.83. The van der Waals surface area contributed by atoms with E-state index in [1.54, 1.807) is 6.20 Å². The predicted octanol–water partition coefficient (Wildman–Crippen LogP) is 3.71. The van der Waals surface area contributed by atoms with Gasteiger partial charge >= 0.3 is 0 Å². The van der Waals surface area contributed by atoms with Crippen LogP contribution in [0.1, 0.15) is 33.6 Å². The molecule has 1 fully saturated rings. The van der Waals surface area contributed by atoms with Crippen LogP contribution >= 0.6 is 11.3 Å². The summed E-state index contributed by atoms with van der Waals surface area (Å²) >= 11 is 1.24. The number of aromatic hydroxyl groups is 1. The summed E-state index contributed by atoms with van der Waals surface area (Å²) in [7, 11) is 0. The number of rotatable bonds is 5. The number of nitrogens with zero attached hydrogens (tertiary/aromatic N) is 3. The summed E-state index contributed by atoms with van der Waals surface area (Å²) in [5, 5.41) is 13.2. The second kappa shape index (κ2) is 7.96. The zero-order valence-electron chi connectivity index (χ0n) is 15.3. The van der Waals surface area contributed by atoms with E-state index in [1.807, 2.05) is 12.1 Å². The molecule has 29 heavy (non-hydrogen) atoms. The van der Waals surface area contributed by atoms with Gasteiger partial charge in [0.05, 0.1) is 11.8 Å². The molecule has 1 aromatic carbocycles. The molecule has 3 aromatic rings. The van der Waals surface area contributed by atoms with Gasteiger partial charge < -0.3 is 15.3 Å². The van der Waals surface area contributed by atoms with Crippen molar-refractivity contribution in [3.8, 4) is 16.5 Å². The predicted molar refractivity (Wildman–Crippen MR) is 108 cm³/mol. The molecule has 1 aliphatic rings. The highest BCUT2D eigenvalue weighted by atomic mass is 32.1. The maximum atomic E-state index is 13.7. The topological polar surface area (TPSA) is 95.4 Å². The van der Waals surface area contributed by atoms with Crippen LogP contribution in [0.5, 0.6) is 5.75 Å². The molecular weight excluding hydrogens is 395 g/mol. The molecule has 1 saturated heterocycles. The zero-order valence-corrected chi connectivity index (χ0v) is 16.1. The van der Waals surface area contributed by atoms with E-state index in [4.69, 9.17) is 0 Å². The molecular formula is C20H17FN4O3S. The Morgan fingerprint density at radius 3 is 2.79 bits per heavy atom. The molecule has 1 aliphatic heterocycles. The van der Waals surface area contributed by atoms with Gasteiger partial charge in [-0.25, -0.2) is 9.37 Å². The van der Waals surface area contributed by atoms with Crippen LogP contribution in [0.15, 0.2) is 36.7 Å². The number of hydrogen-bond acceptors (Lipinski definition) is 7. The third-order valence-corrected chi connectivity index (χ3v) is 5.59. The SMILES string of the molecule is O=Cc1cc(C(=O)Nc2cnc(-c3cc(N4CCCC4)ccn3)s2)cc(F)c1O. The van der Waals surface area contributed by atoms with E-state index in [2.05, 4.69) is 20.2 Å². The summed E-state index contributed by atoms with van der Waals surface area (Å²) in [6, 6.07) is 5.95. The molecule has 0 unspecified atom stereocenters. The summed E-state index contributed by atoms with van der Waals surface area (Å²) < 4.78 is 13.7. The van der Waals surface area contributed by atoms with E-state index in [-0.39, 0.29) is 11.1 Å². The summed E-state index contributed by atoms with van der Waals surface area (Å²) in [5.41, 5.74) is 1.43. The molecule has 0 aliphatic carbocycles. The third kappa shape index (κ3) is 3.95. The number of benzene rings is 1. The first-order valence-electron chi connectivity index (χ1n) is 9.01. The van der Waals surface area contributed by atoms with Crippen LogP contribution in [-0.4, -0.2) is 40.4 Å². The number of amides is 1. The number of nitrogens with one attached hydrogen (secondary N) is 1. The lowest BCUT2D eigenvalue weighted by molar-refractivity contribution is 0.102. The molecule has 9 heteroatoms. The largest absolute Gasteiger partial charge is 0.504 e. The Kier molecular flexibility index (Phi) is 5.22. The van der Waals surface area contributed by atoms with Gasteiger partial charge in [-0.15, -0.1) is 0 Å². The maximum Gasteiger partial charge on any atom is 0.256 e. The zero-order chi connectivity index (χ0) is 20.4. The summed E-state index contributed by atoms with van der Waals surface area (Å²) in [6.45, 7) is 2.04. The lowest BCUT2D eigenvalue weighted by atomic mass is 10.1. The minimum atomic E-state index is -1.03. The second-order valence-electron chi connectivity index (χ2n) is 6.59. The number of carbonyl (C=O) groups excluding carboxylic acids is 2. The number of thiazole rings is 1. The Balaban J connectivity index is 1.53. The van der Waals surface area contributed by atoms with Crippen LogP contribution in [0.2, 0.25) is 0 Å². The monoisotopic (exact) mass is 412 g/mol. The molecule has 2 aromatic heterocycles. The lowest BCUT2D eigenvalue weighted by Crippen LogP contribution is -2.17. The molecule has 148 valence electrons. The number of halogens is 1. The first-order chi connectivity index (χ1) is 14.0. The standard InChI is InChI=1S/C20H17FN4O3S/c21-15-8-12(7-13(11-26)18(15)27)19(28)24-17-10-23-20(29-17)16-9-14(3-4-22-16)25-5-1-2-6-25/h3-4,7-11,27H,1-2,5-6H2,(H,24,28). The Morgan fingerprint density at radius 2 is 2.03 bits per heavy atom. The van der Waals surface area contributed by atoms with Crippen LogP contribution in [-0.2, 0) is 0 Å². The highest BCUT2D eigenvalue weighted by molar-refractivity contribution is 7.19. The van der Waals surface area contributed by atoms with E-state index in [0.717, 1.165) is 30.9 Å². The Bertz CT molecular complexity index is 1080. The van der Waals surface area contributed by atoms with E-state index in [9.17, 15) is 19.1 Å². The first kappa shape index (κ1) is 19.0. The molecule has 3 heterocycles. The van der Waals surface area contributed by atoms with Crippen molar-refractivity contribution in [2.45, 2.75) is 12.8 Å². The number of pyridine rings is 1. The van der Waals surface area contributed by atoms with E-state index in [0.29, 0.717) is 22.0 Å². The van der Waals surface area contributed by atoms with Crippen molar-refractivity contribution >= 4 is 34.2 Å². The molecule has 2 N–H and O–H groups in total. The van der Waals surface area contributed by atoms with Crippen molar-refractivity contribution in [1.29, 1.82) is 0 Å². The quantitative estimate of drug-likeness (QED) is 0.620. The summed E-state index contributed by atoms with van der Waals surface area (Å²) in [4.78, 5) is 34.3. The van der Waals surface area contributed by atoms with Gasteiger partial charge in [-0.3, -0.25) is 14.6 Å². The highest BCUT2D eigenvalue weighted by Crippen LogP contribution is 2.31. The van der Waals surface area contributed by atoms with Crippen molar-refractivity contribution in [1.82, 2.24) is 9.97 Å². The van der Waals surface area contributed by atoms with E-state index >= 15 is 0 Å². The van der Waals surface area contributed by atoms with Crippen molar-refractivity contribution in [3.63, 3.8) is 0 Å². The molecule has 4 rings (SSSR count). The van der Waals surface area contributed by atoms with Crippen molar-refractivity contribution in [2.24, 2.45) is 0 Å². The number of phenolic OH excluding ortho intramolecular Hbond substituents is 1. The van der Waals surface area contributed by atoms with Crippen molar-refractivity contribution in [3.05, 3.63) is 53.6 Å². The van der Waals surface area contributed by atoms with Crippen LogP contribution in [0.3, 0.4) is 0 Å². The molecule has 0 saturated carbocycles. The molecule has 0 atom stereocenters. The van der Waals surface area contributed by atoms with Crippen LogP contribution < -0.4 is 10.2 Å². The average molecular weight is 412 g/mol. The molecule has 1 amide bonds. The maximum absolute atomic E-state index is 13.7. The molecule has 0 radical (unpaired) electrons. The fraction of sp³-hybridized carbons (Fsp3) is 0.200. The van der Waals surface area contributed by atoms with Gasteiger partial charge in [0.2, 0.25) is 0 Å². The Morgan fingerprint density at radius 1 is 1.24 bits per heavy atom. The number of aromatic nitrogens is 2. The van der Waals surface area contributed by atoms with Crippen LogP contribution in [0.4, 0.5) is 15.1 Å². The third-order valence-electron chi connectivity index (χ3n) is 4.66. The number of phenols is 1. The second-order valence-corrected chi connectivity index (χ2v) is 7.62. The van der Waals surface area contributed by atoms with Gasteiger partial charge in [0.25, 0.3) is 5.91 Å². The lowest BCUT2D eigenvalue weighted by Gasteiger charge is -2.17. The van der Waals surface area contributed by atoms with Crippen LogP contribution in [0.25, 0.3) is 10.7 Å². The molecule has 0 spiro atoms. The van der Waals surface area contributed by atoms with Gasteiger partial charge in [-0.1, -0.05) is 11.3 Å². The fourth-order valence-electron chi connectivity index (χ4n) is 3.18.